The summed E-state index contributed by atoms with van der Waals surface area (Å²) in [4.78, 5) is 4.51. The molecule has 2 nitrogen and oxygen atoms in total. The number of nitrogens with zero attached hydrogens (tertiary/aromatic N) is 1. The van der Waals surface area contributed by atoms with Gasteiger partial charge in [-0.1, -0.05) is 23.7 Å². The van der Waals surface area contributed by atoms with E-state index >= 15 is 0 Å². The van der Waals surface area contributed by atoms with E-state index in [9.17, 15) is 0 Å². The molecule has 3 rings (SSSR count). The quantitative estimate of drug-likeness (QED) is 0.856. The van der Waals surface area contributed by atoms with Gasteiger partial charge in [-0.15, -0.1) is 11.3 Å². The first-order chi connectivity index (χ1) is 9.72. The molecule has 0 saturated heterocycles. The van der Waals surface area contributed by atoms with Crippen molar-refractivity contribution in [3.8, 4) is 0 Å². The fourth-order valence-electron chi connectivity index (χ4n) is 2.54. The largest absolute Gasteiger partial charge is 0.309 e. The van der Waals surface area contributed by atoms with Gasteiger partial charge in [-0.2, -0.15) is 0 Å². The van der Waals surface area contributed by atoms with Gasteiger partial charge in [0.25, 0.3) is 0 Å². The normalized spacial score (nSPS) is 16.3. The maximum atomic E-state index is 5.97. The Labute approximate surface area is 129 Å². The topological polar surface area (TPSA) is 24.9 Å². The van der Waals surface area contributed by atoms with Gasteiger partial charge in [-0.3, -0.25) is 0 Å². The average molecular weight is 307 g/mol. The molecule has 0 amide bonds. The number of hydrogen-bond acceptors (Lipinski definition) is 3. The van der Waals surface area contributed by atoms with Crippen LogP contribution in [0.2, 0.25) is 5.02 Å². The van der Waals surface area contributed by atoms with Gasteiger partial charge in [-0.25, -0.2) is 4.98 Å². The van der Waals surface area contributed by atoms with Crippen molar-refractivity contribution in [2.24, 2.45) is 5.92 Å². The maximum absolute atomic E-state index is 5.97. The SMILES string of the molecule is Cc1nc(CCNC(c2ccc(Cl)cc2)C2CC2)cs1. The first-order valence-electron chi connectivity index (χ1n) is 7.12. The van der Waals surface area contributed by atoms with E-state index in [0.29, 0.717) is 6.04 Å². The van der Waals surface area contributed by atoms with Crippen LogP contribution < -0.4 is 5.32 Å². The van der Waals surface area contributed by atoms with Crippen molar-refractivity contribution in [3.63, 3.8) is 0 Å². The first-order valence-corrected chi connectivity index (χ1v) is 8.38. The zero-order valence-corrected chi connectivity index (χ0v) is 13.2. The Morgan fingerprint density at radius 1 is 1.35 bits per heavy atom. The monoisotopic (exact) mass is 306 g/mol. The highest BCUT2D eigenvalue weighted by Crippen LogP contribution is 2.41. The van der Waals surface area contributed by atoms with Crippen molar-refractivity contribution in [1.82, 2.24) is 10.3 Å². The summed E-state index contributed by atoms with van der Waals surface area (Å²) in [6.07, 6.45) is 3.66. The standard InChI is InChI=1S/C16H19ClN2S/c1-11-19-15(10-20-11)8-9-18-16(12-2-3-12)13-4-6-14(17)7-5-13/h4-7,10,12,16,18H,2-3,8-9H2,1H3. The van der Waals surface area contributed by atoms with E-state index in [2.05, 4.69) is 34.7 Å². The smallest absolute Gasteiger partial charge is 0.0897 e. The lowest BCUT2D eigenvalue weighted by Gasteiger charge is -2.18. The predicted molar refractivity (Wildman–Crippen MR) is 85.5 cm³/mol. The number of hydrogen-bond donors (Lipinski definition) is 1. The number of rotatable bonds is 6. The van der Waals surface area contributed by atoms with Crippen LogP contribution in [0.4, 0.5) is 0 Å². The second-order valence-electron chi connectivity index (χ2n) is 5.43. The Bertz CT molecular complexity index is 560. The average Bonchev–Trinajstić information content (AvgIpc) is 3.19. The van der Waals surface area contributed by atoms with Gasteiger partial charge in [0.15, 0.2) is 0 Å². The Hall–Kier alpha value is -0.900. The van der Waals surface area contributed by atoms with Crippen LogP contribution >= 0.6 is 22.9 Å². The van der Waals surface area contributed by atoms with E-state index in [1.54, 1.807) is 11.3 Å². The van der Waals surface area contributed by atoms with Gasteiger partial charge in [0, 0.05) is 29.4 Å². The number of benzene rings is 1. The van der Waals surface area contributed by atoms with Gasteiger partial charge in [-0.05, 0) is 43.4 Å². The third kappa shape index (κ3) is 3.60. The predicted octanol–water partition coefficient (Wildman–Crippen LogP) is 4.39. The van der Waals surface area contributed by atoms with E-state index in [0.717, 1.165) is 28.9 Å². The molecule has 1 aliphatic rings. The number of nitrogens with one attached hydrogen (secondary N) is 1. The van der Waals surface area contributed by atoms with E-state index in [4.69, 9.17) is 11.6 Å². The van der Waals surface area contributed by atoms with Gasteiger partial charge in [0.2, 0.25) is 0 Å². The van der Waals surface area contributed by atoms with Crippen LogP contribution in [0.5, 0.6) is 0 Å². The molecule has 1 aliphatic carbocycles. The molecule has 0 radical (unpaired) electrons. The fourth-order valence-corrected chi connectivity index (χ4v) is 3.31. The van der Waals surface area contributed by atoms with Crippen LogP contribution in [0.15, 0.2) is 29.6 Å². The Morgan fingerprint density at radius 3 is 2.70 bits per heavy atom. The summed E-state index contributed by atoms with van der Waals surface area (Å²) in [6.45, 7) is 3.04. The number of aryl methyl sites for hydroxylation is 1. The Morgan fingerprint density at radius 2 is 2.10 bits per heavy atom. The molecular formula is C16H19ClN2S. The van der Waals surface area contributed by atoms with Crippen LogP contribution in [-0.4, -0.2) is 11.5 Å². The number of halogens is 1. The lowest BCUT2D eigenvalue weighted by molar-refractivity contribution is 0.483. The van der Waals surface area contributed by atoms with Crippen LogP contribution in [0.1, 0.15) is 35.1 Å². The molecule has 106 valence electrons. The highest BCUT2D eigenvalue weighted by Gasteiger charge is 2.31. The summed E-state index contributed by atoms with van der Waals surface area (Å²) in [6, 6.07) is 8.72. The summed E-state index contributed by atoms with van der Waals surface area (Å²) < 4.78 is 0. The van der Waals surface area contributed by atoms with Crippen LogP contribution in [0.3, 0.4) is 0 Å². The molecule has 1 saturated carbocycles. The third-order valence-electron chi connectivity index (χ3n) is 3.73. The number of aromatic nitrogens is 1. The van der Waals surface area contributed by atoms with Crippen molar-refractivity contribution < 1.29 is 0 Å². The second kappa shape index (κ2) is 6.25. The maximum Gasteiger partial charge on any atom is 0.0897 e. The molecule has 1 aromatic carbocycles. The lowest BCUT2D eigenvalue weighted by atomic mass is 10.0. The molecule has 1 atom stereocenters. The molecule has 1 fully saturated rings. The summed E-state index contributed by atoms with van der Waals surface area (Å²) in [7, 11) is 0. The van der Waals surface area contributed by atoms with Gasteiger partial charge in [0.05, 0.1) is 10.7 Å². The highest BCUT2D eigenvalue weighted by atomic mass is 35.5. The fraction of sp³-hybridized carbons (Fsp3) is 0.438. The molecule has 1 aromatic heterocycles. The van der Waals surface area contributed by atoms with Crippen LogP contribution in [0, 0.1) is 12.8 Å². The second-order valence-corrected chi connectivity index (χ2v) is 6.93. The molecule has 2 aromatic rings. The van der Waals surface area contributed by atoms with E-state index < -0.39 is 0 Å². The first kappa shape index (κ1) is 14.1. The Kier molecular flexibility index (Phi) is 4.39. The van der Waals surface area contributed by atoms with Crippen molar-refractivity contribution in [2.45, 2.75) is 32.2 Å². The van der Waals surface area contributed by atoms with Crippen molar-refractivity contribution in [3.05, 3.63) is 50.9 Å². The zero-order valence-electron chi connectivity index (χ0n) is 11.6. The van der Waals surface area contributed by atoms with Gasteiger partial charge in [0.1, 0.15) is 0 Å². The van der Waals surface area contributed by atoms with Crippen LogP contribution in [-0.2, 0) is 6.42 Å². The number of thiazole rings is 1. The zero-order chi connectivity index (χ0) is 13.9. The van der Waals surface area contributed by atoms with E-state index in [1.807, 2.05) is 12.1 Å². The minimum absolute atomic E-state index is 0.465. The molecule has 1 heterocycles. The third-order valence-corrected chi connectivity index (χ3v) is 4.81. The highest BCUT2D eigenvalue weighted by molar-refractivity contribution is 7.09. The van der Waals surface area contributed by atoms with Gasteiger partial charge >= 0.3 is 0 Å². The molecular weight excluding hydrogens is 288 g/mol. The van der Waals surface area contributed by atoms with Crippen molar-refractivity contribution in [1.29, 1.82) is 0 Å². The minimum Gasteiger partial charge on any atom is -0.309 e. The molecule has 0 spiro atoms. The molecule has 1 N–H and O–H groups in total. The molecule has 1 unspecified atom stereocenters. The van der Waals surface area contributed by atoms with Gasteiger partial charge < -0.3 is 5.32 Å². The lowest BCUT2D eigenvalue weighted by Crippen LogP contribution is -2.25. The summed E-state index contributed by atoms with van der Waals surface area (Å²) >= 11 is 7.70. The Balaban J connectivity index is 1.59. The molecule has 20 heavy (non-hydrogen) atoms. The summed E-state index contributed by atoms with van der Waals surface area (Å²) in [5.41, 5.74) is 2.55. The van der Waals surface area contributed by atoms with Crippen LogP contribution in [0.25, 0.3) is 0 Å². The minimum atomic E-state index is 0.465. The molecule has 0 aliphatic heterocycles. The van der Waals surface area contributed by atoms with E-state index in [1.165, 1.54) is 24.1 Å². The molecule has 0 bridgehead atoms. The molecule has 4 heteroatoms. The van der Waals surface area contributed by atoms with Crippen molar-refractivity contribution in [2.75, 3.05) is 6.54 Å². The van der Waals surface area contributed by atoms with Crippen molar-refractivity contribution >= 4 is 22.9 Å². The van der Waals surface area contributed by atoms with E-state index in [-0.39, 0.29) is 0 Å². The summed E-state index contributed by atoms with van der Waals surface area (Å²) in [5, 5.41) is 7.81. The summed E-state index contributed by atoms with van der Waals surface area (Å²) in [5.74, 6) is 0.786.